The summed E-state index contributed by atoms with van der Waals surface area (Å²) in [6.45, 7) is 0.102. The number of fused-ring (bicyclic) bond motifs is 6. The van der Waals surface area contributed by atoms with Crippen LogP contribution >= 0.6 is 0 Å². The summed E-state index contributed by atoms with van der Waals surface area (Å²) in [5, 5.41) is 21.8. The van der Waals surface area contributed by atoms with E-state index in [1.165, 1.54) is 77.9 Å². The maximum Gasteiger partial charge on any atom is 0.573 e. The third-order valence-corrected chi connectivity index (χ3v) is 17.0. The van der Waals surface area contributed by atoms with Crippen molar-refractivity contribution in [3.8, 4) is 74.6 Å². The summed E-state index contributed by atoms with van der Waals surface area (Å²) in [6, 6.07) is 21.0. The number of nitrogens with one attached hydrogen (secondary N) is 2. The average molecular weight is 1290 g/mol. The van der Waals surface area contributed by atoms with E-state index < -0.39 is 95.1 Å². The minimum absolute atomic E-state index is 0.00537. The van der Waals surface area contributed by atoms with Gasteiger partial charge in [0.2, 0.25) is 25.1 Å². The van der Waals surface area contributed by atoms with Crippen molar-refractivity contribution in [2.75, 3.05) is 69.5 Å². The van der Waals surface area contributed by atoms with Gasteiger partial charge < -0.3 is 72.2 Å². The molecule has 0 radical (unpaired) electrons. The van der Waals surface area contributed by atoms with Crippen molar-refractivity contribution >= 4 is 23.8 Å². The van der Waals surface area contributed by atoms with Crippen molar-refractivity contribution in [3.05, 3.63) is 160 Å². The van der Waals surface area contributed by atoms with E-state index in [0.717, 1.165) is 28.9 Å². The van der Waals surface area contributed by atoms with Crippen LogP contribution in [0.1, 0.15) is 78.3 Å². The lowest BCUT2D eigenvalue weighted by molar-refractivity contribution is -0.274. The second kappa shape index (κ2) is 24.3. The Morgan fingerprint density at radius 1 is 0.505 bits per heavy atom. The monoisotopic (exact) mass is 1290 g/mol. The van der Waals surface area contributed by atoms with Crippen LogP contribution in [0.4, 0.5) is 22.0 Å². The van der Waals surface area contributed by atoms with Gasteiger partial charge in [0.15, 0.2) is 69.0 Å². The zero-order chi connectivity index (χ0) is 65.1. The molecule has 8 atom stereocenters. The predicted octanol–water partition coefficient (Wildman–Crippen LogP) is 8.03. The number of carbonyl (C=O) groups excluding carboxylic acids is 4. The Morgan fingerprint density at radius 3 is 1.29 bits per heavy atom. The molecule has 30 heteroatoms. The largest absolute Gasteiger partial charge is 0.573 e. The number of benzene rings is 6. The third kappa shape index (κ3) is 11.1. The number of carbonyl (C=O) groups is 4. The Bertz CT molecular complexity index is 4230. The van der Waals surface area contributed by atoms with E-state index in [-0.39, 0.29) is 43.9 Å². The van der Waals surface area contributed by atoms with Crippen LogP contribution in [-0.2, 0) is 19.1 Å². The molecular formula is C63H53F5N8O17. The molecule has 2 fully saturated rings. The normalized spacial score (nSPS) is 20.9. The van der Waals surface area contributed by atoms with Crippen LogP contribution in [0.15, 0.2) is 103 Å². The Kier molecular flexibility index (Phi) is 15.9. The smallest absolute Gasteiger partial charge is 0.493 e. The van der Waals surface area contributed by atoms with Crippen LogP contribution in [0.5, 0.6) is 63.2 Å². The van der Waals surface area contributed by atoms with Crippen LogP contribution in [0.25, 0.3) is 11.4 Å². The highest BCUT2D eigenvalue weighted by Crippen LogP contribution is 2.58. The number of aromatic nitrogens is 6. The van der Waals surface area contributed by atoms with Crippen molar-refractivity contribution in [2.45, 2.75) is 30.3 Å². The number of methoxy groups -OCH3 is 6. The number of esters is 2. The average Bonchev–Trinajstić information content (AvgIpc) is 1.69. The number of rotatable bonds is 15. The molecule has 2 saturated heterocycles. The lowest BCUT2D eigenvalue weighted by atomic mass is 9.65. The number of nitrogens with zero attached hydrogens (tertiary/aromatic N) is 6. The molecule has 93 heavy (non-hydrogen) atoms. The lowest BCUT2D eigenvalue weighted by Crippen LogP contribution is -2.43. The van der Waals surface area contributed by atoms with Crippen molar-refractivity contribution < 1.29 is 103 Å². The van der Waals surface area contributed by atoms with Gasteiger partial charge in [-0.1, -0.05) is 10.4 Å². The first-order valence-electron chi connectivity index (χ1n) is 28.5. The number of amides is 2. The summed E-state index contributed by atoms with van der Waals surface area (Å²) in [4.78, 5) is 54.1. The highest BCUT2D eigenvalue weighted by Gasteiger charge is 2.55. The maximum atomic E-state index is 13.8. The SMILES string of the molecule is COc1cc([C@@H]2c3cc4c(cc3[C@@H](NC(=O)c3cn(-c5ccc(F)c(F)c5)nn3)[C@H]3COC(=O)[C@H]23)OCO4)cc(OC)c1OC.COc1cc([C@@H]2c3cc4c(cc3[C@@H](NC(=O)c3cn(-c5ccc(OC(F)(F)F)cc5)nn3)[C@H]3COC(=O)[C@H]23)OCO4)cc(OC)c1OC. The molecule has 0 bridgehead atoms. The van der Waals surface area contributed by atoms with Gasteiger partial charge in [-0.05, 0) is 118 Å². The van der Waals surface area contributed by atoms with Crippen LogP contribution in [0, 0.1) is 35.3 Å². The molecule has 14 rings (SSSR count). The summed E-state index contributed by atoms with van der Waals surface area (Å²) < 4.78 is 139. The van der Waals surface area contributed by atoms with Gasteiger partial charge in [-0.25, -0.2) is 18.1 Å². The fourth-order valence-corrected chi connectivity index (χ4v) is 12.9. The molecule has 6 aromatic carbocycles. The van der Waals surface area contributed by atoms with Crippen molar-refractivity contribution in [1.29, 1.82) is 0 Å². The van der Waals surface area contributed by atoms with E-state index in [1.54, 1.807) is 42.5 Å². The van der Waals surface area contributed by atoms with Crippen LogP contribution in [0.3, 0.4) is 0 Å². The van der Waals surface area contributed by atoms with Gasteiger partial charge >= 0.3 is 18.3 Å². The van der Waals surface area contributed by atoms with Gasteiger partial charge in [0.1, 0.15) is 5.75 Å². The number of hydrogen-bond acceptors (Lipinski definition) is 21. The van der Waals surface area contributed by atoms with Gasteiger partial charge in [0.05, 0.1) is 104 Å². The molecule has 6 aliphatic rings. The number of alkyl halides is 3. The third-order valence-electron chi connectivity index (χ3n) is 17.0. The second-order valence-corrected chi connectivity index (χ2v) is 21.8. The maximum absolute atomic E-state index is 13.8. The Balaban J connectivity index is 0.000000170. The molecule has 4 aliphatic heterocycles. The molecule has 0 spiro atoms. The fraction of sp³-hybridized carbons (Fsp3) is 0.302. The molecule has 2 aromatic heterocycles. The highest BCUT2D eigenvalue weighted by molar-refractivity contribution is 5.93. The Hall–Kier alpha value is -11.1. The first-order chi connectivity index (χ1) is 44.9. The van der Waals surface area contributed by atoms with Crippen LogP contribution in [-0.4, -0.2) is 130 Å². The van der Waals surface area contributed by atoms with Crippen molar-refractivity contribution in [2.24, 2.45) is 23.7 Å². The first-order valence-corrected chi connectivity index (χ1v) is 28.5. The zero-order valence-electron chi connectivity index (χ0n) is 49.8. The number of halogens is 5. The molecule has 2 N–H and O–H groups in total. The highest BCUT2D eigenvalue weighted by atomic mass is 19.4. The van der Waals surface area contributed by atoms with E-state index >= 15 is 0 Å². The lowest BCUT2D eigenvalue weighted by Gasteiger charge is -2.39. The molecule has 482 valence electrons. The van der Waals surface area contributed by atoms with Gasteiger partial charge in [-0.2, -0.15) is 0 Å². The Morgan fingerprint density at radius 2 is 0.903 bits per heavy atom. The molecule has 25 nitrogen and oxygen atoms in total. The summed E-state index contributed by atoms with van der Waals surface area (Å²) in [5.74, 6) is -3.69. The zero-order valence-corrected chi connectivity index (χ0v) is 49.8. The minimum atomic E-state index is -4.83. The summed E-state index contributed by atoms with van der Waals surface area (Å²) >= 11 is 0. The number of hydrogen-bond donors (Lipinski definition) is 2. The van der Waals surface area contributed by atoms with E-state index in [9.17, 15) is 41.1 Å². The molecule has 2 aliphatic carbocycles. The number of cyclic esters (lactones) is 2. The van der Waals surface area contributed by atoms with Crippen LogP contribution in [0.2, 0.25) is 0 Å². The van der Waals surface area contributed by atoms with E-state index in [1.807, 2.05) is 6.07 Å². The quantitative estimate of drug-likeness (QED) is 0.0726. The number of ether oxygens (including phenoxy) is 13. The summed E-state index contributed by atoms with van der Waals surface area (Å²) in [5.41, 5.74) is 4.56. The topological polar surface area (TPSA) is 274 Å². The van der Waals surface area contributed by atoms with Crippen molar-refractivity contribution in [1.82, 2.24) is 40.6 Å². The minimum Gasteiger partial charge on any atom is -0.493 e. The van der Waals surface area contributed by atoms with Gasteiger partial charge in [-0.3, -0.25) is 19.2 Å². The molecule has 2 amide bonds. The summed E-state index contributed by atoms with van der Waals surface area (Å²) in [6.07, 6.45) is -2.19. The van der Waals surface area contributed by atoms with Gasteiger partial charge in [0, 0.05) is 29.7 Å². The fourth-order valence-electron chi connectivity index (χ4n) is 12.9. The van der Waals surface area contributed by atoms with Crippen LogP contribution < -0.4 is 62.7 Å². The Labute approximate surface area is 523 Å². The molecule has 0 saturated carbocycles. The van der Waals surface area contributed by atoms with E-state index in [4.69, 9.17) is 56.8 Å². The molecule has 0 unspecified atom stereocenters. The van der Waals surface area contributed by atoms with Crippen molar-refractivity contribution in [3.63, 3.8) is 0 Å². The first kappa shape index (κ1) is 60.8. The van der Waals surface area contributed by atoms with E-state index in [2.05, 4.69) is 36.0 Å². The van der Waals surface area contributed by atoms with E-state index in [0.29, 0.717) is 96.6 Å². The second-order valence-electron chi connectivity index (χ2n) is 21.8. The predicted molar refractivity (Wildman–Crippen MR) is 307 cm³/mol. The van der Waals surface area contributed by atoms with Gasteiger partial charge in [0.25, 0.3) is 11.8 Å². The standard InChI is InChI=1S/C32H27F3N4O9.C31H26F2N4O8/c1-42-24-8-15(9-25(43-2)29(24)44-3)26-18-10-22-23(47-14-46-22)11-19(18)28(20-13-45-31(41)27(20)26)36-30(40)21-12-39(38-37-21)16-4-6-17(7-5-16)48-32(33,34)35;1-40-24-6-14(7-25(41-2)29(24)42-3)26-16-9-22-23(45-13-44-22)10-17(16)28(18-12-43-31(39)27(18)26)34-30(38)21-11-37(36-35-21)15-4-5-19(32)20(33)8-15/h4-12,20,26-28H,13-14H2,1-3H3,(H,36,40);4-11,18,26-28H,12-13H2,1-3H3,(H,34,38)/t20-,26+,27-,28+;18-,26+,27-,28+/m00/s1. The molecule has 6 heterocycles. The van der Waals surface area contributed by atoms with Gasteiger partial charge in [-0.15, -0.1) is 23.4 Å². The molecular weight excluding hydrogens is 1240 g/mol. The molecule has 8 aromatic rings. The summed E-state index contributed by atoms with van der Waals surface area (Å²) in [7, 11) is 9.02.